The van der Waals surface area contributed by atoms with E-state index in [1.807, 2.05) is 0 Å². The van der Waals surface area contributed by atoms with Crippen molar-refractivity contribution in [3.8, 4) is 0 Å². The minimum atomic E-state index is -0.720. The molecule has 106 valence electrons. The van der Waals surface area contributed by atoms with Crippen LogP contribution in [0.25, 0.3) is 0 Å². The van der Waals surface area contributed by atoms with Gasteiger partial charge in [0.15, 0.2) is 0 Å². The Balaban J connectivity index is 2.30. The molecule has 18 heavy (non-hydrogen) atoms. The molecule has 2 unspecified atom stereocenters. The number of hydrogen-bond acceptors (Lipinski definition) is 3. The van der Waals surface area contributed by atoms with Crippen molar-refractivity contribution in [1.82, 2.24) is 5.32 Å². The highest BCUT2D eigenvalue weighted by molar-refractivity contribution is 5.73. The Labute approximate surface area is 110 Å². The fourth-order valence-corrected chi connectivity index (χ4v) is 2.46. The Kier molecular flexibility index (Phi) is 7.28. The molecule has 0 saturated carbocycles. The lowest BCUT2D eigenvalue weighted by Gasteiger charge is -2.30. The third-order valence-corrected chi connectivity index (χ3v) is 3.73. The Hall–Kier alpha value is -0.610. The SMILES string of the molecule is CCCC[C@H](NCC1CCOC(CC)C1)C(=O)O. The van der Waals surface area contributed by atoms with Gasteiger partial charge in [-0.15, -0.1) is 0 Å². The number of carboxylic acids is 1. The van der Waals surface area contributed by atoms with Crippen molar-refractivity contribution in [3.63, 3.8) is 0 Å². The lowest BCUT2D eigenvalue weighted by molar-refractivity contribution is -0.139. The van der Waals surface area contributed by atoms with Gasteiger partial charge in [-0.1, -0.05) is 26.7 Å². The van der Waals surface area contributed by atoms with Gasteiger partial charge in [-0.3, -0.25) is 4.79 Å². The molecule has 1 aliphatic heterocycles. The van der Waals surface area contributed by atoms with E-state index >= 15 is 0 Å². The van der Waals surface area contributed by atoms with Gasteiger partial charge in [0.25, 0.3) is 0 Å². The van der Waals surface area contributed by atoms with Crippen LogP contribution in [0.4, 0.5) is 0 Å². The monoisotopic (exact) mass is 257 g/mol. The van der Waals surface area contributed by atoms with E-state index in [9.17, 15) is 4.79 Å². The summed E-state index contributed by atoms with van der Waals surface area (Å²) < 4.78 is 5.63. The van der Waals surface area contributed by atoms with E-state index in [1.165, 1.54) is 0 Å². The van der Waals surface area contributed by atoms with E-state index in [0.717, 1.165) is 51.7 Å². The minimum absolute atomic E-state index is 0.365. The third-order valence-electron chi connectivity index (χ3n) is 3.73. The van der Waals surface area contributed by atoms with Crippen molar-refractivity contribution < 1.29 is 14.6 Å². The van der Waals surface area contributed by atoms with E-state index in [4.69, 9.17) is 9.84 Å². The van der Waals surface area contributed by atoms with Crippen LogP contribution in [0.2, 0.25) is 0 Å². The van der Waals surface area contributed by atoms with Gasteiger partial charge in [-0.2, -0.15) is 0 Å². The molecule has 1 saturated heterocycles. The van der Waals surface area contributed by atoms with Crippen LogP contribution in [-0.4, -0.2) is 36.4 Å². The normalized spacial score (nSPS) is 25.9. The molecule has 0 aromatic carbocycles. The van der Waals surface area contributed by atoms with Gasteiger partial charge >= 0.3 is 5.97 Å². The molecule has 0 amide bonds. The fourth-order valence-electron chi connectivity index (χ4n) is 2.46. The standard InChI is InChI=1S/C14H27NO3/c1-3-5-6-13(14(16)17)15-10-11-7-8-18-12(4-2)9-11/h11-13,15H,3-10H2,1-2H3,(H,16,17)/t11?,12?,13-/m0/s1. The maximum atomic E-state index is 11.1. The molecule has 0 spiro atoms. The maximum absolute atomic E-state index is 11.1. The number of aliphatic carboxylic acids is 1. The Morgan fingerprint density at radius 1 is 1.50 bits per heavy atom. The first-order valence-electron chi connectivity index (χ1n) is 7.25. The van der Waals surface area contributed by atoms with Crippen LogP contribution in [0.1, 0.15) is 52.4 Å². The Morgan fingerprint density at radius 2 is 2.28 bits per heavy atom. The van der Waals surface area contributed by atoms with Crippen molar-refractivity contribution in [2.75, 3.05) is 13.2 Å². The predicted octanol–water partition coefficient (Wildman–Crippen LogP) is 2.42. The molecule has 0 bridgehead atoms. The van der Waals surface area contributed by atoms with Gasteiger partial charge in [0.05, 0.1) is 6.10 Å². The van der Waals surface area contributed by atoms with E-state index < -0.39 is 5.97 Å². The van der Waals surface area contributed by atoms with Crippen molar-refractivity contribution >= 4 is 5.97 Å². The molecular formula is C14H27NO3. The van der Waals surface area contributed by atoms with Crippen LogP contribution >= 0.6 is 0 Å². The second kappa shape index (κ2) is 8.48. The highest BCUT2D eigenvalue weighted by atomic mass is 16.5. The summed E-state index contributed by atoms with van der Waals surface area (Å²) in [5.74, 6) is -0.158. The first kappa shape index (κ1) is 15.4. The average Bonchev–Trinajstić information content (AvgIpc) is 2.38. The molecule has 1 heterocycles. The summed E-state index contributed by atoms with van der Waals surface area (Å²) >= 11 is 0. The summed E-state index contributed by atoms with van der Waals surface area (Å²) in [7, 11) is 0. The van der Waals surface area contributed by atoms with Gasteiger partial charge in [0.2, 0.25) is 0 Å². The first-order chi connectivity index (χ1) is 8.67. The van der Waals surface area contributed by atoms with Gasteiger partial charge in [0, 0.05) is 6.61 Å². The van der Waals surface area contributed by atoms with Crippen molar-refractivity contribution in [2.24, 2.45) is 5.92 Å². The molecule has 0 aromatic heterocycles. The zero-order valence-electron chi connectivity index (χ0n) is 11.7. The topological polar surface area (TPSA) is 58.6 Å². The predicted molar refractivity (Wildman–Crippen MR) is 71.7 cm³/mol. The highest BCUT2D eigenvalue weighted by Crippen LogP contribution is 2.21. The largest absolute Gasteiger partial charge is 0.480 e. The molecule has 4 heteroatoms. The summed E-state index contributed by atoms with van der Waals surface area (Å²) in [6, 6.07) is -0.382. The number of ether oxygens (including phenoxy) is 1. The van der Waals surface area contributed by atoms with Crippen LogP contribution in [0.5, 0.6) is 0 Å². The van der Waals surface area contributed by atoms with E-state index in [2.05, 4.69) is 19.2 Å². The lowest BCUT2D eigenvalue weighted by Crippen LogP contribution is -2.41. The van der Waals surface area contributed by atoms with E-state index in [0.29, 0.717) is 12.0 Å². The second-order valence-corrected chi connectivity index (χ2v) is 5.23. The summed E-state index contributed by atoms with van der Waals surface area (Å²) in [6.45, 7) is 5.85. The van der Waals surface area contributed by atoms with Crippen molar-refractivity contribution in [3.05, 3.63) is 0 Å². The van der Waals surface area contributed by atoms with Crippen LogP contribution < -0.4 is 5.32 Å². The Bertz CT molecular complexity index is 245. The van der Waals surface area contributed by atoms with Gasteiger partial charge < -0.3 is 15.2 Å². The fraction of sp³-hybridized carbons (Fsp3) is 0.929. The zero-order chi connectivity index (χ0) is 13.4. The number of unbranched alkanes of at least 4 members (excludes halogenated alkanes) is 1. The summed E-state index contributed by atoms with van der Waals surface area (Å²) in [6.07, 6.45) is 6.26. The summed E-state index contributed by atoms with van der Waals surface area (Å²) in [5.41, 5.74) is 0. The average molecular weight is 257 g/mol. The number of carbonyl (C=O) groups is 1. The van der Waals surface area contributed by atoms with Crippen LogP contribution in [-0.2, 0) is 9.53 Å². The first-order valence-corrected chi connectivity index (χ1v) is 7.25. The second-order valence-electron chi connectivity index (χ2n) is 5.23. The van der Waals surface area contributed by atoms with Gasteiger partial charge in [-0.05, 0) is 38.1 Å². The number of hydrogen-bond donors (Lipinski definition) is 2. The minimum Gasteiger partial charge on any atom is -0.480 e. The van der Waals surface area contributed by atoms with Crippen LogP contribution in [0.3, 0.4) is 0 Å². The molecule has 3 atom stereocenters. The zero-order valence-corrected chi connectivity index (χ0v) is 11.7. The molecule has 4 nitrogen and oxygen atoms in total. The van der Waals surface area contributed by atoms with Crippen molar-refractivity contribution in [2.45, 2.75) is 64.5 Å². The number of rotatable bonds is 8. The lowest BCUT2D eigenvalue weighted by atomic mass is 9.94. The third kappa shape index (κ3) is 5.36. The highest BCUT2D eigenvalue weighted by Gasteiger charge is 2.23. The molecule has 1 rings (SSSR count). The molecule has 0 aromatic rings. The molecule has 1 aliphatic rings. The van der Waals surface area contributed by atoms with Gasteiger partial charge in [-0.25, -0.2) is 0 Å². The summed E-state index contributed by atoms with van der Waals surface area (Å²) in [5, 5.41) is 12.4. The maximum Gasteiger partial charge on any atom is 0.320 e. The van der Waals surface area contributed by atoms with Crippen molar-refractivity contribution in [1.29, 1.82) is 0 Å². The number of carboxylic acid groups (broad SMARTS) is 1. The molecule has 0 radical (unpaired) electrons. The smallest absolute Gasteiger partial charge is 0.320 e. The number of nitrogens with one attached hydrogen (secondary N) is 1. The molecule has 0 aliphatic carbocycles. The van der Waals surface area contributed by atoms with Crippen LogP contribution in [0, 0.1) is 5.92 Å². The quantitative estimate of drug-likeness (QED) is 0.701. The Morgan fingerprint density at radius 3 is 2.89 bits per heavy atom. The molecule has 1 fully saturated rings. The summed E-state index contributed by atoms with van der Waals surface area (Å²) in [4.78, 5) is 11.1. The van der Waals surface area contributed by atoms with Crippen LogP contribution in [0.15, 0.2) is 0 Å². The molecule has 2 N–H and O–H groups in total. The van der Waals surface area contributed by atoms with Gasteiger partial charge in [0.1, 0.15) is 6.04 Å². The van der Waals surface area contributed by atoms with E-state index in [-0.39, 0.29) is 6.04 Å². The molecular weight excluding hydrogens is 230 g/mol. The van der Waals surface area contributed by atoms with E-state index in [1.54, 1.807) is 0 Å².